The van der Waals surface area contributed by atoms with Gasteiger partial charge >= 0.3 is 5.97 Å². The molecule has 126 valence electrons. The van der Waals surface area contributed by atoms with Gasteiger partial charge in [0.1, 0.15) is 0 Å². The molecule has 0 unspecified atom stereocenters. The molecule has 0 atom stereocenters. The highest BCUT2D eigenvalue weighted by atomic mass is 16.4. The maximum Gasteiger partial charge on any atom is 0.303 e. The summed E-state index contributed by atoms with van der Waals surface area (Å²) < 4.78 is 0. The Bertz CT molecular complexity index is 919. The summed E-state index contributed by atoms with van der Waals surface area (Å²) in [5.41, 5.74) is 2.26. The van der Waals surface area contributed by atoms with Gasteiger partial charge in [0.15, 0.2) is 0 Å². The fraction of sp³-hybridized carbons (Fsp3) is 0.158. The molecule has 0 saturated carbocycles. The smallest absolute Gasteiger partial charge is 0.303 e. The second kappa shape index (κ2) is 7.53. The quantitative estimate of drug-likeness (QED) is 0.722. The number of amides is 1. The van der Waals surface area contributed by atoms with Crippen LogP contribution in [0.25, 0.3) is 10.8 Å². The predicted octanol–water partition coefficient (Wildman–Crippen LogP) is 2.83. The molecule has 0 aliphatic carbocycles. The Balaban J connectivity index is 1.70. The molecule has 0 spiro atoms. The summed E-state index contributed by atoms with van der Waals surface area (Å²) in [4.78, 5) is 31.2. The molecule has 0 radical (unpaired) electrons. The third kappa shape index (κ3) is 4.38. The summed E-state index contributed by atoms with van der Waals surface area (Å²) in [5.74, 6) is -1.01. The minimum absolute atomic E-state index is 0.0309. The van der Waals surface area contributed by atoms with Crippen LogP contribution in [0.15, 0.2) is 55.1 Å². The first-order valence-corrected chi connectivity index (χ1v) is 7.89. The molecule has 3 rings (SSSR count). The zero-order chi connectivity index (χ0) is 17.6. The number of nitrogens with zero attached hydrogens (tertiary/aromatic N) is 2. The van der Waals surface area contributed by atoms with E-state index in [4.69, 9.17) is 5.11 Å². The van der Waals surface area contributed by atoms with Crippen molar-refractivity contribution in [3.63, 3.8) is 0 Å². The summed E-state index contributed by atoms with van der Waals surface area (Å²) >= 11 is 0. The van der Waals surface area contributed by atoms with Crippen LogP contribution < -0.4 is 5.32 Å². The molecule has 1 amide bonds. The predicted molar refractivity (Wildman–Crippen MR) is 94.3 cm³/mol. The number of fused-ring (bicyclic) bond motifs is 1. The highest BCUT2D eigenvalue weighted by Crippen LogP contribution is 2.18. The number of pyridine rings is 2. The second-order valence-electron chi connectivity index (χ2n) is 5.71. The maximum absolute atomic E-state index is 12.4. The molecule has 3 aromatic rings. The van der Waals surface area contributed by atoms with E-state index in [1.165, 1.54) is 0 Å². The average molecular weight is 335 g/mol. The van der Waals surface area contributed by atoms with Gasteiger partial charge in [0.2, 0.25) is 5.91 Å². The summed E-state index contributed by atoms with van der Waals surface area (Å²) in [6.45, 7) is 0. The van der Waals surface area contributed by atoms with Gasteiger partial charge < -0.3 is 10.4 Å². The molecule has 6 heteroatoms. The first kappa shape index (κ1) is 16.6. The summed E-state index contributed by atoms with van der Waals surface area (Å²) in [6, 6.07) is 9.43. The summed E-state index contributed by atoms with van der Waals surface area (Å²) in [7, 11) is 0. The van der Waals surface area contributed by atoms with E-state index in [1.807, 2.05) is 24.3 Å². The van der Waals surface area contributed by atoms with E-state index < -0.39 is 5.97 Å². The van der Waals surface area contributed by atoms with Crippen molar-refractivity contribution in [2.45, 2.75) is 19.3 Å². The number of aromatic nitrogens is 2. The molecule has 0 aliphatic rings. The van der Waals surface area contributed by atoms with E-state index in [0.717, 1.165) is 21.9 Å². The number of aliphatic carboxylic acids is 1. The van der Waals surface area contributed by atoms with Crippen LogP contribution in [0.3, 0.4) is 0 Å². The summed E-state index contributed by atoms with van der Waals surface area (Å²) in [6.07, 6.45) is 7.28. The van der Waals surface area contributed by atoms with Crippen molar-refractivity contribution in [3.05, 3.63) is 66.2 Å². The van der Waals surface area contributed by atoms with Crippen molar-refractivity contribution in [1.82, 2.24) is 9.97 Å². The van der Waals surface area contributed by atoms with Gasteiger partial charge in [0.05, 0.1) is 18.3 Å². The van der Waals surface area contributed by atoms with Crippen LogP contribution in [-0.4, -0.2) is 27.0 Å². The lowest BCUT2D eigenvalue weighted by Gasteiger charge is -2.08. The van der Waals surface area contributed by atoms with Gasteiger partial charge in [-0.25, -0.2) is 0 Å². The van der Waals surface area contributed by atoms with Crippen molar-refractivity contribution < 1.29 is 14.7 Å². The average Bonchev–Trinajstić information content (AvgIpc) is 2.60. The van der Waals surface area contributed by atoms with E-state index in [9.17, 15) is 9.59 Å². The number of benzene rings is 1. The van der Waals surface area contributed by atoms with Gasteiger partial charge in [0, 0.05) is 30.4 Å². The molecule has 0 bridgehead atoms. The van der Waals surface area contributed by atoms with E-state index in [0.29, 0.717) is 12.1 Å². The molecule has 6 nitrogen and oxygen atoms in total. The molecule has 2 heterocycles. The Labute approximate surface area is 144 Å². The first-order valence-electron chi connectivity index (χ1n) is 7.89. The van der Waals surface area contributed by atoms with Gasteiger partial charge in [-0.3, -0.25) is 19.6 Å². The Morgan fingerprint density at radius 1 is 1.08 bits per heavy atom. The summed E-state index contributed by atoms with van der Waals surface area (Å²) in [5, 5.41) is 13.6. The number of nitrogens with one attached hydrogen (secondary N) is 1. The topological polar surface area (TPSA) is 92.2 Å². The van der Waals surface area contributed by atoms with Gasteiger partial charge in [-0.1, -0.05) is 18.2 Å². The van der Waals surface area contributed by atoms with Gasteiger partial charge in [-0.2, -0.15) is 0 Å². The molecule has 2 N–H and O–H groups in total. The van der Waals surface area contributed by atoms with E-state index in [2.05, 4.69) is 15.3 Å². The number of rotatable bonds is 6. The fourth-order valence-electron chi connectivity index (χ4n) is 2.67. The minimum atomic E-state index is -0.861. The van der Waals surface area contributed by atoms with Crippen molar-refractivity contribution >= 4 is 28.3 Å². The zero-order valence-corrected chi connectivity index (χ0v) is 13.5. The van der Waals surface area contributed by atoms with Crippen LogP contribution >= 0.6 is 0 Å². The minimum Gasteiger partial charge on any atom is -0.481 e. The lowest BCUT2D eigenvalue weighted by Crippen LogP contribution is -2.15. The van der Waals surface area contributed by atoms with Crippen LogP contribution in [0.1, 0.15) is 17.5 Å². The molecular formula is C19H17N3O3. The maximum atomic E-state index is 12.4. The van der Waals surface area contributed by atoms with Crippen molar-refractivity contribution in [1.29, 1.82) is 0 Å². The van der Waals surface area contributed by atoms with Crippen LogP contribution in [-0.2, 0) is 22.4 Å². The van der Waals surface area contributed by atoms with Gasteiger partial charge in [-0.15, -0.1) is 0 Å². The number of anilines is 1. The number of carbonyl (C=O) groups is 2. The van der Waals surface area contributed by atoms with Crippen molar-refractivity contribution in [2.24, 2.45) is 0 Å². The van der Waals surface area contributed by atoms with Crippen LogP contribution in [0.2, 0.25) is 0 Å². The lowest BCUT2D eigenvalue weighted by atomic mass is 10.0. The number of hydrogen-bond donors (Lipinski definition) is 2. The SMILES string of the molecule is O=C(O)CCc1cncc(NC(=O)Cc2cccc3cnccc23)c1. The second-order valence-corrected chi connectivity index (χ2v) is 5.71. The molecule has 25 heavy (non-hydrogen) atoms. The fourth-order valence-corrected chi connectivity index (χ4v) is 2.67. The van der Waals surface area contributed by atoms with Crippen LogP contribution in [0, 0.1) is 0 Å². The Kier molecular flexibility index (Phi) is 4.99. The highest BCUT2D eigenvalue weighted by molar-refractivity contribution is 5.95. The third-order valence-electron chi connectivity index (χ3n) is 3.83. The Morgan fingerprint density at radius 2 is 1.96 bits per heavy atom. The normalized spacial score (nSPS) is 10.6. The number of hydrogen-bond acceptors (Lipinski definition) is 4. The van der Waals surface area contributed by atoms with E-state index in [1.54, 1.807) is 30.9 Å². The number of carbonyl (C=O) groups excluding carboxylic acids is 1. The Morgan fingerprint density at radius 3 is 2.80 bits per heavy atom. The molecule has 2 aromatic heterocycles. The number of aryl methyl sites for hydroxylation is 1. The van der Waals surface area contributed by atoms with Crippen LogP contribution in [0.4, 0.5) is 5.69 Å². The molecule has 1 aromatic carbocycles. The standard InChI is InChI=1S/C19H17N3O3/c23-18(9-14-2-1-3-15-11-20-7-6-17(14)15)22-16-8-13(10-21-12-16)4-5-19(24)25/h1-3,6-8,10-12H,4-5,9H2,(H,22,23)(H,24,25). The van der Waals surface area contributed by atoms with Gasteiger partial charge in [-0.05, 0) is 35.1 Å². The first-order chi connectivity index (χ1) is 12.1. The third-order valence-corrected chi connectivity index (χ3v) is 3.83. The van der Waals surface area contributed by atoms with E-state index >= 15 is 0 Å². The Hall–Kier alpha value is -3.28. The largest absolute Gasteiger partial charge is 0.481 e. The molecular weight excluding hydrogens is 318 g/mol. The molecule has 0 aliphatic heterocycles. The molecule has 0 fully saturated rings. The number of carboxylic acid groups (broad SMARTS) is 1. The molecule has 0 saturated heterocycles. The van der Waals surface area contributed by atoms with Crippen molar-refractivity contribution in [2.75, 3.05) is 5.32 Å². The monoisotopic (exact) mass is 335 g/mol. The highest BCUT2D eigenvalue weighted by Gasteiger charge is 2.08. The zero-order valence-electron chi connectivity index (χ0n) is 13.5. The van der Waals surface area contributed by atoms with E-state index in [-0.39, 0.29) is 18.7 Å². The number of carboxylic acids is 1. The van der Waals surface area contributed by atoms with Crippen LogP contribution in [0.5, 0.6) is 0 Å². The van der Waals surface area contributed by atoms with Crippen molar-refractivity contribution in [3.8, 4) is 0 Å². The lowest BCUT2D eigenvalue weighted by molar-refractivity contribution is -0.137. The van der Waals surface area contributed by atoms with Gasteiger partial charge in [0.25, 0.3) is 0 Å².